The Morgan fingerprint density at radius 1 is 0.980 bits per heavy atom. The highest BCUT2D eigenvalue weighted by Gasteiger charge is 2.40. The molecule has 3 aliphatic rings. The number of alkyl halides is 3. The Balaban J connectivity index is 1.28. The van der Waals surface area contributed by atoms with Crippen LogP contribution >= 0.6 is 0 Å². The normalized spacial score (nSPS) is 22.7. The first-order chi connectivity index (χ1) is 23.5. The Labute approximate surface area is 283 Å². The molecule has 3 saturated heterocycles. The van der Waals surface area contributed by atoms with Crippen molar-refractivity contribution in [3.63, 3.8) is 0 Å². The maximum Gasteiger partial charge on any atom is 0.418 e. The minimum Gasteiger partial charge on any atom is -0.401 e. The summed E-state index contributed by atoms with van der Waals surface area (Å²) in [6, 6.07) is 20.2. The van der Waals surface area contributed by atoms with Crippen LogP contribution in [0, 0.1) is 11.8 Å². The molecule has 3 aliphatic heterocycles. The van der Waals surface area contributed by atoms with Crippen LogP contribution in [0.3, 0.4) is 0 Å². The number of likely N-dealkylation sites (tertiary alicyclic amines) is 1. The first-order valence-corrected chi connectivity index (χ1v) is 16.8. The molecule has 6 rings (SSSR count). The minimum absolute atomic E-state index is 0.156. The van der Waals surface area contributed by atoms with Crippen molar-refractivity contribution in [2.45, 2.75) is 57.3 Å². The quantitative estimate of drug-likeness (QED) is 0.319. The maximum absolute atomic E-state index is 14.0. The number of rotatable bonds is 6. The lowest BCUT2D eigenvalue weighted by atomic mass is 9.82. The number of carbonyl (C=O) groups is 2. The number of amidine groups is 1. The lowest BCUT2D eigenvalue weighted by Gasteiger charge is -2.37. The molecule has 2 atom stereocenters. The number of aliphatic hydroxyl groups excluding tert-OH is 1. The molecule has 0 aliphatic carbocycles. The van der Waals surface area contributed by atoms with Crippen LogP contribution < -0.4 is 16.0 Å². The van der Waals surface area contributed by atoms with E-state index in [1.165, 1.54) is 11.0 Å². The third kappa shape index (κ3) is 7.34. The highest BCUT2D eigenvalue weighted by Crippen LogP contribution is 2.37. The van der Waals surface area contributed by atoms with Crippen molar-refractivity contribution in [1.29, 1.82) is 0 Å². The van der Waals surface area contributed by atoms with Crippen molar-refractivity contribution in [1.82, 2.24) is 15.2 Å². The van der Waals surface area contributed by atoms with Gasteiger partial charge in [-0.05, 0) is 49.3 Å². The molecule has 3 aromatic rings. The van der Waals surface area contributed by atoms with Crippen molar-refractivity contribution in [2.75, 3.05) is 31.1 Å². The third-order valence-electron chi connectivity index (χ3n) is 9.82. The molecule has 49 heavy (non-hydrogen) atoms. The molecule has 0 saturated carbocycles. The van der Waals surface area contributed by atoms with E-state index in [1.807, 2.05) is 65.6 Å². The van der Waals surface area contributed by atoms with Crippen LogP contribution in [-0.4, -0.2) is 64.9 Å². The van der Waals surface area contributed by atoms with Gasteiger partial charge in [-0.25, -0.2) is 4.98 Å². The molecule has 12 heteroatoms. The SMILES string of the molecule is C[C@H]1C(=C(N)C2CCN(c3cc(C(=O)N4CCCCC4)c(C(F)(F)F)cn3)CC2)C(=NC(c2ccccc2)c2ccccc2)NC(=O)[C@H]1O. The molecule has 0 spiro atoms. The lowest BCUT2D eigenvalue weighted by molar-refractivity contribution is -0.138. The predicted molar refractivity (Wildman–Crippen MR) is 181 cm³/mol. The van der Waals surface area contributed by atoms with E-state index in [1.54, 1.807) is 6.92 Å². The molecule has 4 N–H and O–H groups in total. The largest absolute Gasteiger partial charge is 0.418 e. The highest BCUT2D eigenvalue weighted by atomic mass is 19.4. The molecule has 258 valence electrons. The van der Waals surface area contributed by atoms with Crippen molar-refractivity contribution in [3.8, 4) is 0 Å². The fourth-order valence-electron chi connectivity index (χ4n) is 7.03. The number of aliphatic imine (C=N–C) groups is 1. The molecule has 0 unspecified atom stereocenters. The Morgan fingerprint density at radius 3 is 2.14 bits per heavy atom. The summed E-state index contributed by atoms with van der Waals surface area (Å²) in [6.45, 7) is 3.48. The van der Waals surface area contributed by atoms with Gasteiger partial charge in [-0.2, -0.15) is 13.2 Å². The van der Waals surface area contributed by atoms with Gasteiger partial charge in [-0.15, -0.1) is 0 Å². The van der Waals surface area contributed by atoms with E-state index in [9.17, 15) is 27.9 Å². The number of piperidine rings is 3. The van der Waals surface area contributed by atoms with Crippen LogP contribution in [0.25, 0.3) is 0 Å². The number of nitrogens with one attached hydrogen (secondary N) is 1. The molecular weight excluding hydrogens is 633 g/mol. The van der Waals surface area contributed by atoms with E-state index in [-0.39, 0.29) is 11.5 Å². The Hall–Kier alpha value is -4.71. The Bertz CT molecular complexity index is 1680. The number of hydrogen-bond donors (Lipinski definition) is 3. The van der Waals surface area contributed by atoms with Crippen LogP contribution in [0.15, 0.2) is 89.2 Å². The second-order valence-corrected chi connectivity index (χ2v) is 13.0. The van der Waals surface area contributed by atoms with Gasteiger partial charge < -0.3 is 26.0 Å². The third-order valence-corrected chi connectivity index (χ3v) is 9.82. The zero-order valence-electron chi connectivity index (χ0n) is 27.4. The van der Waals surface area contributed by atoms with Crippen molar-refractivity contribution in [3.05, 3.63) is 106 Å². The minimum atomic E-state index is -4.71. The van der Waals surface area contributed by atoms with E-state index in [2.05, 4.69) is 10.3 Å². The number of amides is 2. The zero-order chi connectivity index (χ0) is 34.7. The van der Waals surface area contributed by atoms with E-state index in [4.69, 9.17) is 10.7 Å². The zero-order valence-corrected chi connectivity index (χ0v) is 27.4. The van der Waals surface area contributed by atoms with Gasteiger partial charge in [0.1, 0.15) is 23.8 Å². The van der Waals surface area contributed by atoms with E-state index >= 15 is 0 Å². The number of anilines is 1. The van der Waals surface area contributed by atoms with E-state index in [0.717, 1.165) is 36.6 Å². The number of nitrogens with zero attached hydrogens (tertiary/aromatic N) is 4. The van der Waals surface area contributed by atoms with Gasteiger partial charge in [0.2, 0.25) is 0 Å². The number of benzene rings is 2. The van der Waals surface area contributed by atoms with Crippen LogP contribution in [0.5, 0.6) is 0 Å². The van der Waals surface area contributed by atoms with E-state index in [0.29, 0.717) is 61.9 Å². The number of carbonyl (C=O) groups excluding carboxylic acids is 2. The van der Waals surface area contributed by atoms with Crippen molar-refractivity contribution in [2.24, 2.45) is 22.6 Å². The van der Waals surface area contributed by atoms with Gasteiger partial charge in [-0.3, -0.25) is 14.6 Å². The number of nitrogens with two attached hydrogens (primary N) is 1. The first kappa shape index (κ1) is 34.2. The molecule has 4 heterocycles. The molecule has 0 bridgehead atoms. The lowest BCUT2D eigenvalue weighted by Crippen LogP contribution is -2.51. The summed E-state index contributed by atoms with van der Waals surface area (Å²) in [6.07, 6.45) is -1.70. The highest BCUT2D eigenvalue weighted by molar-refractivity contribution is 6.12. The fourth-order valence-corrected chi connectivity index (χ4v) is 7.03. The van der Waals surface area contributed by atoms with Gasteiger partial charge in [0.25, 0.3) is 11.8 Å². The number of allylic oxidation sites excluding steroid dienone is 1. The number of pyridine rings is 1. The van der Waals surface area contributed by atoms with Gasteiger partial charge in [0.05, 0.1) is 11.1 Å². The van der Waals surface area contributed by atoms with Crippen molar-refractivity contribution < 1.29 is 27.9 Å². The second-order valence-electron chi connectivity index (χ2n) is 13.0. The van der Waals surface area contributed by atoms with Crippen LogP contribution in [0.4, 0.5) is 19.0 Å². The molecule has 0 radical (unpaired) electrons. The standard InChI is InChI=1S/C37H41F3N6O3/c1-23-30(34(44-35(48)33(23)47)43-32(25-11-5-2-6-12-25)26-13-7-3-8-14-26)31(41)24-15-19-45(20-16-24)29-21-27(28(22-42-29)37(38,39)40)36(49)46-17-9-4-10-18-46/h2-3,5-8,11-14,21-24,32-33,47H,4,9-10,15-20,41H2,1H3,(H,43,44,48)/t23-,33-/m0/s1. The molecular formula is C37H41F3N6O3. The summed E-state index contributed by atoms with van der Waals surface area (Å²) in [5.74, 6) is -1.34. The van der Waals surface area contributed by atoms with Crippen LogP contribution in [0.2, 0.25) is 0 Å². The predicted octanol–water partition coefficient (Wildman–Crippen LogP) is 5.47. The summed E-state index contributed by atoms with van der Waals surface area (Å²) < 4.78 is 41.9. The summed E-state index contributed by atoms with van der Waals surface area (Å²) in [5.41, 5.74) is 8.40. The molecule has 2 aromatic carbocycles. The van der Waals surface area contributed by atoms with E-state index < -0.39 is 41.6 Å². The number of halogens is 3. The molecule has 2 amide bonds. The average molecular weight is 675 g/mol. The van der Waals surface area contributed by atoms with Crippen LogP contribution in [-0.2, 0) is 11.0 Å². The molecule has 3 fully saturated rings. The summed E-state index contributed by atoms with van der Waals surface area (Å²) in [5, 5.41) is 13.6. The average Bonchev–Trinajstić information content (AvgIpc) is 3.13. The maximum atomic E-state index is 14.0. The number of aromatic nitrogens is 1. The van der Waals surface area contributed by atoms with Gasteiger partial charge in [0, 0.05) is 55.5 Å². The first-order valence-electron chi connectivity index (χ1n) is 16.8. The Kier molecular flexibility index (Phi) is 10.0. The Morgan fingerprint density at radius 2 is 1.57 bits per heavy atom. The van der Waals surface area contributed by atoms with Gasteiger partial charge >= 0.3 is 6.18 Å². The second kappa shape index (κ2) is 14.4. The monoisotopic (exact) mass is 674 g/mol. The molecule has 9 nitrogen and oxygen atoms in total. The molecule has 1 aromatic heterocycles. The van der Waals surface area contributed by atoms with Crippen molar-refractivity contribution >= 4 is 23.5 Å². The van der Waals surface area contributed by atoms with Crippen LogP contribution in [0.1, 0.15) is 72.1 Å². The van der Waals surface area contributed by atoms with Gasteiger partial charge in [-0.1, -0.05) is 67.6 Å². The summed E-state index contributed by atoms with van der Waals surface area (Å²) in [7, 11) is 0. The van der Waals surface area contributed by atoms with Gasteiger partial charge in [0.15, 0.2) is 0 Å². The topological polar surface area (TPSA) is 124 Å². The summed E-state index contributed by atoms with van der Waals surface area (Å²) >= 11 is 0. The number of aliphatic hydroxyl groups is 1. The fraction of sp³-hybridized carbons (Fsp3) is 0.405. The number of hydrogen-bond acceptors (Lipinski definition) is 7. The smallest absolute Gasteiger partial charge is 0.401 e. The summed E-state index contributed by atoms with van der Waals surface area (Å²) in [4.78, 5) is 38.7.